The Bertz CT molecular complexity index is 614. The molecular weight excluding hydrogens is 324 g/mol. The van der Waals surface area contributed by atoms with Crippen LogP contribution in [0.4, 0.5) is 5.69 Å². The number of benzene rings is 1. The summed E-state index contributed by atoms with van der Waals surface area (Å²) >= 11 is 6.00. The van der Waals surface area contributed by atoms with Gasteiger partial charge < -0.3 is 10.6 Å². The molecule has 2 amide bonds. The number of halogens is 1. The van der Waals surface area contributed by atoms with Crippen molar-refractivity contribution in [1.82, 2.24) is 5.32 Å². The summed E-state index contributed by atoms with van der Waals surface area (Å²) in [6, 6.07) is 5.48. The van der Waals surface area contributed by atoms with E-state index in [1.54, 1.807) is 6.07 Å². The van der Waals surface area contributed by atoms with E-state index in [-0.39, 0.29) is 29.2 Å². The lowest BCUT2D eigenvalue weighted by Crippen LogP contribution is -2.45. The highest BCUT2D eigenvalue weighted by atomic mass is 35.5. The van der Waals surface area contributed by atoms with Gasteiger partial charge in [-0.25, -0.2) is 0 Å². The molecule has 1 aliphatic carbocycles. The van der Waals surface area contributed by atoms with E-state index in [4.69, 9.17) is 11.6 Å². The molecule has 2 rings (SSSR count). The van der Waals surface area contributed by atoms with E-state index in [0.717, 1.165) is 36.9 Å². The standard InChI is InChI=1S/C19H27ClN2O2/c1-12-5-10-15(20)11-16(12)21-17(23)13-6-8-14(9-7-13)18(24)22-19(2,3)4/h5,10-11,13-14H,6-9H2,1-4H3,(H,21,23)(H,22,24). The Labute approximate surface area is 149 Å². The molecule has 2 N–H and O–H groups in total. The van der Waals surface area contributed by atoms with E-state index >= 15 is 0 Å². The van der Waals surface area contributed by atoms with E-state index < -0.39 is 0 Å². The first-order valence-corrected chi connectivity index (χ1v) is 8.92. The average Bonchev–Trinajstić information content (AvgIpc) is 2.49. The minimum absolute atomic E-state index is 0.0150. The third-order valence-corrected chi connectivity index (χ3v) is 4.66. The van der Waals surface area contributed by atoms with Crippen molar-refractivity contribution in [3.05, 3.63) is 28.8 Å². The molecule has 0 spiro atoms. The van der Waals surface area contributed by atoms with E-state index in [1.807, 2.05) is 39.8 Å². The molecular formula is C19H27ClN2O2. The van der Waals surface area contributed by atoms with Gasteiger partial charge in [0.1, 0.15) is 0 Å². The summed E-state index contributed by atoms with van der Waals surface area (Å²) < 4.78 is 0. The molecule has 1 saturated carbocycles. The number of aryl methyl sites for hydroxylation is 1. The molecule has 0 radical (unpaired) electrons. The van der Waals surface area contributed by atoms with Gasteiger partial charge in [-0.05, 0) is 71.1 Å². The smallest absolute Gasteiger partial charge is 0.227 e. The molecule has 0 saturated heterocycles. The quantitative estimate of drug-likeness (QED) is 0.853. The lowest BCUT2D eigenvalue weighted by atomic mass is 9.80. The van der Waals surface area contributed by atoms with Gasteiger partial charge in [0.15, 0.2) is 0 Å². The van der Waals surface area contributed by atoms with Gasteiger partial charge in [0.05, 0.1) is 0 Å². The molecule has 1 aliphatic rings. The van der Waals surface area contributed by atoms with E-state index in [9.17, 15) is 9.59 Å². The van der Waals surface area contributed by atoms with Crippen LogP contribution in [-0.4, -0.2) is 17.4 Å². The normalized spacial score (nSPS) is 21.2. The van der Waals surface area contributed by atoms with Crippen LogP contribution in [0.5, 0.6) is 0 Å². The molecule has 1 aromatic rings. The Morgan fingerprint density at radius 2 is 1.58 bits per heavy atom. The molecule has 1 fully saturated rings. The third-order valence-electron chi connectivity index (χ3n) is 4.42. The molecule has 24 heavy (non-hydrogen) atoms. The lowest BCUT2D eigenvalue weighted by molar-refractivity contribution is -0.129. The fourth-order valence-corrected chi connectivity index (χ4v) is 3.23. The number of anilines is 1. The third kappa shape index (κ3) is 5.23. The summed E-state index contributed by atoms with van der Waals surface area (Å²) in [7, 11) is 0. The Morgan fingerprint density at radius 3 is 2.12 bits per heavy atom. The zero-order valence-electron chi connectivity index (χ0n) is 14.9. The van der Waals surface area contributed by atoms with Crippen LogP contribution in [-0.2, 0) is 9.59 Å². The highest BCUT2D eigenvalue weighted by Crippen LogP contribution is 2.31. The number of carbonyl (C=O) groups is 2. The van der Waals surface area contributed by atoms with Gasteiger partial charge >= 0.3 is 0 Å². The molecule has 5 heteroatoms. The molecule has 0 unspecified atom stereocenters. The van der Waals surface area contributed by atoms with Crippen molar-refractivity contribution in [2.24, 2.45) is 11.8 Å². The first-order chi connectivity index (χ1) is 11.2. The van der Waals surface area contributed by atoms with Crippen molar-refractivity contribution in [3.8, 4) is 0 Å². The summed E-state index contributed by atoms with van der Waals surface area (Å²) in [5.74, 6) is 0.102. The van der Waals surface area contributed by atoms with Gasteiger partial charge in [-0.2, -0.15) is 0 Å². The molecule has 0 aliphatic heterocycles. The van der Waals surface area contributed by atoms with Gasteiger partial charge in [0, 0.05) is 28.1 Å². The van der Waals surface area contributed by atoms with Crippen molar-refractivity contribution in [2.75, 3.05) is 5.32 Å². The number of nitrogens with one attached hydrogen (secondary N) is 2. The highest BCUT2D eigenvalue weighted by molar-refractivity contribution is 6.31. The molecule has 0 aromatic heterocycles. The highest BCUT2D eigenvalue weighted by Gasteiger charge is 2.31. The number of carbonyl (C=O) groups excluding carboxylic acids is 2. The van der Waals surface area contributed by atoms with Crippen molar-refractivity contribution < 1.29 is 9.59 Å². The van der Waals surface area contributed by atoms with E-state index in [0.29, 0.717) is 5.02 Å². The Balaban J connectivity index is 1.89. The number of hydrogen-bond acceptors (Lipinski definition) is 2. The van der Waals surface area contributed by atoms with Crippen molar-refractivity contribution in [1.29, 1.82) is 0 Å². The monoisotopic (exact) mass is 350 g/mol. The summed E-state index contributed by atoms with van der Waals surface area (Å²) in [5.41, 5.74) is 1.54. The summed E-state index contributed by atoms with van der Waals surface area (Å²) in [5, 5.41) is 6.62. The molecule has 4 nitrogen and oxygen atoms in total. The van der Waals surface area contributed by atoms with Gasteiger partial charge in [0.25, 0.3) is 0 Å². The van der Waals surface area contributed by atoms with Crippen LogP contribution in [0.2, 0.25) is 5.02 Å². The molecule has 0 bridgehead atoms. The molecule has 132 valence electrons. The van der Waals surface area contributed by atoms with Crippen LogP contribution in [0.3, 0.4) is 0 Å². The Morgan fingerprint density at radius 1 is 1.04 bits per heavy atom. The lowest BCUT2D eigenvalue weighted by Gasteiger charge is -2.30. The average molecular weight is 351 g/mol. The maximum atomic E-state index is 12.5. The second kappa shape index (κ2) is 7.56. The van der Waals surface area contributed by atoms with Crippen molar-refractivity contribution in [2.45, 2.75) is 58.9 Å². The molecule has 1 aromatic carbocycles. The number of amides is 2. The molecule has 0 atom stereocenters. The van der Waals surface area contributed by atoms with Gasteiger partial charge in [-0.15, -0.1) is 0 Å². The van der Waals surface area contributed by atoms with Crippen molar-refractivity contribution in [3.63, 3.8) is 0 Å². The topological polar surface area (TPSA) is 58.2 Å². The van der Waals surface area contributed by atoms with Crippen LogP contribution >= 0.6 is 11.6 Å². The molecule has 0 heterocycles. The van der Waals surface area contributed by atoms with E-state index in [2.05, 4.69) is 10.6 Å². The van der Waals surface area contributed by atoms with Crippen molar-refractivity contribution >= 4 is 29.1 Å². The summed E-state index contributed by atoms with van der Waals surface area (Å²) in [4.78, 5) is 24.7. The maximum Gasteiger partial charge on any atom is 0.227 e. The summed E-state index contributed by atoms with van der Waals surface area (Å²) in [6.45, 7) is 7.89. The second-order valence-electron chi connectivity index (χ2n) is 7.74. The Kier molecular flexibility index (Phi) is 5.92. The summed E-state index contributed by atoms with van der Waals surface area (Å²) in [6.07, 6.45) is 3.00. The largest absolute Gasteiger partial charge is 0.351 e. The first-order valence-electron chi connectivity index (χ1n) is 8.55. The predicted octanol–water partition coefficient (Wildman–Crippen LogP) is 4.31. The van der Waals surface area contributed by atoms with Gasteiger partial charge in [-0.1, -0.05) is 17.7 Å². The van der Waals surface area contributed by atoms with E-state index in [1.165, 1.54) is 0 Å². The fraction of sp³-hybridized carbons (Fsp3) is 0.579. The maximum absolute atomic E-state index is 12.5. The zero-order chi connectivity index (χ0) is 17.9. The first kappa shape index (κ1) is 18.8. The second-order valence-corrected chi connectivity index (χ2v) is 8.17. The van der Waals surface area contributed by atoms with Gasteiger partial charge in [0.2, 0.25) is 11.8 Å². The van der Waals surface area contributed by atoms with Crippen LogP contribution in [0.15, 0.2) is 18.2 Å². The predicted molar refractivity (Wildman–Crippen MR) is 98.2 cm³/mol. The van der Waals surface area contributed by atoms with Gasteiger partial charge in [-0.3, -0.25) is 9.59 Å². The van der Waals surface area contributed by atoms with Crippen LogP contribution < -0.4 is 10.6 Å². The number of rotatable bonds is 3. The Hall–Kier alpha value is -1.55. The minimum atomic E-state index is -0.213. The minimum Gasteiger partial charge on any atom is -0.351 e. The fourth-order valence-electron chi connectivity index (χ4n) is 3.05. The van der Waals surface area contributed by atoms with Crippen LogP contribution in [0, 0.1) is 18.8 Å². The van der Waals surface area contributed by atoms with Crippen LogP contribution in [0.25, 0.3) is 0 Å². The number of hydrogen-bond donors (Lipinski definition) is 2. The zero-order valence-corrected chi connectivity index (χ0v) is 15.7. The SMILES string of the molecule is Cc1ccc(Cl)cc1NC(=O)C1CCC(C(=O)NC(C)(C)C)CC1. The van der Waals surface area contributed by atoms with Crippen LogP contribution in [0.1, 0.15) is 52.0 Å².